The average molecular weight is 290 g/mol. The van der Waals surface area contributed by atoms with Crippen LogP contribution in [0.5, 0.6) is 0 Å². The molecule has 1 aromatic carbocycles. The van der Waals surface area contributed by atoms with Crippen LogP contribution in [0, 0.1) is 0 Å². The molecule has 0 amide bonds. The number of thioether (sulfide) groups is 1. The highest BCUT2D eigenvalue weighted by molar-refractivity contribution is 7.99. The van der Waals surface area contributed by atoms with E-state index in [2.05, 4.69) is 66.2 Å². The Labute approximate surface area is 127 Å². The van der Waals surface area contributed by atoms with Gasteiger partial charge < -0.3 is 5.32 Å². The van der Waals surface area contributed by atoms with Crippen LogP contribution in [0.3, 0.4) is 0 Å². The molecular weight excluding hydrogens is 264 g/mol. The van der Waals surface area contributed by atoms with Gasteiger partial charge in [-0.25, -0.2) is 0 Å². The van der Waals surface area contributed by atoms with Crippen LogP contribution in [0.25, 0.3) is 0 Å². The van der Waals surface area contributed by atoms with Crippen LogP contribution < -0.4 is 5.32 Å². The summed E-state index contributed by atoms with van der Waals surface area (Å²) in [4.78, 5) is 2.78. The van der Waals surface area contributed by atoms with E-state index in [0.29, 0.717) is 6.04 Å². The topological polar surface area (TPSA) is 15.3 Å². The number of benzene rings is 1. The maximum Gasteiger partial charge on any atom is 0.0476 e. The van der Waals surface area contributed by atoms with Crippen molar-refractivity contribution in [3.05, 3.63) is 35.9 Å². The third-order valence-electron chi connectivity index (χ3n) is 4.54. The van der Waals surface area contributed by atoms with Gasteiger partial charge in [0.1, 0.15) is 0 Å². The van der Waals surface area contributed by atoms with Gasteiger partial charge in [0.05, 0.1) is 0 Å². The lowest BCUT2D eigenvalue weighted by Gasteiger charge is -2.49. The van der Waals surface area contributed by atoms with E-state index in [1.54, 1.807) is 0 Å². The standard InChI is InChI=1S/C17H26N2S/c1-17(2)13-19(15-9-6-10-20-12-15)16(11-18-17)14-7-4-3-5-8-14/h3-5,7-8,15-16,18H,6,9-13H2,1-2H3. The zero-order valence-electron chi connectivity index (χ0n) is 12.6. The number of nitrogens with zero attached hydrogens (tertiary/aromatic N) is 1. The van der Waals surface area contributed by atoms with Gasteiger partial charge in [-0.2, -0.15) is 11.8 Å². The van der Waals surface area contributed by atoms with Gasteiger partial charge in [-0.1, -0.05) is 30.3 Å². The molecule has 2 unspecified atom stereocenters. The van der Waals surface area contributed by atoms with Crippen LogP contribution in [0.4, 0.5) is 0 Å². The minimum atomic E-state index is 0.230. The van der Waals surface area contributed by atoms with E-state index < -0.39 is 0 Å². The fraction of sp³-hybridized carbons (Fsp3) is 0.647. The molecule has 2 fully saturated rings. The van der Waals surface area contributed by atoms with Crippen LogP contribution in [0.2, 0.25) is 0 Å². The summed E-state index contributed by atoms with van der Waals surface area (Å²) in [5.41, 5.74) is 1.69. The summed E-state index contributed by atoms with van der Waals surface area (Å²) in [5, 5.41) is 3.73. The molecule has 110 valence electrons. The normalized spacial score (nSPS) is 31.1. The van der Waals surface area contributed by atoms with Gasteiger partial charge in [-0.05, 0) is 38.0 Å². The molecule has 3 rings (SSSR count). The molecular formula is C17H26N2S. The van der Waals surface area contributed by atoms with Crippen molar-refractivity contribution in [2.75, 3.05) is 24.6 Å². The third kappa shape index (κ3) is 3.21. The van der Waals surface area contributed by atoms with Crippen LogP contribution >= 0.6 is 11.8 Å². The molecule has 0 aromatic heterocycles. The third-order valence-corrected chi connectivity index (χ3v) is 5.74. The first-order valence-corrected chi connectivity index (χ1v) is 8.95. The number of piperazine rings is 1. The average Bonchev–Trinajstić information content (AvgIpc) is 2.48. The largest absolute Gasteiger partial charge is 0.309 e. The summed E-state index contributed by atoms with van der Waals surface area (Å²) in [6.07, 6.45) is 2.74. The van der Waals surface area contributed by atoms with Gasteiger partial charge >= 0.3 is 0 Å². The molecule has 20 heavy (non-hydrogen) atoms. The summed E-state index contributed by atoms with van der Waals surface area (Å²) < 4.78 is 0. The lowest BCUT2D eigenvalue weighted by molar-refractivity contribution is 0.0571. The minimum absolute atomic E-state index is 0.230. The highest BCUT2D eigenvalue weighted by Gasteiger charge is 2.37. The van der Waals surface area contributed by atoms with Crippen molar-refractivity contribution in [3.8, 4) is 0 Å². The highest BCUT2D eigenvalue weighted by Crippen LogP contribution is 2.33. The Morgan fingerprint density at radius 2 is 2.05 bits per heavy atom. The minimum Gasteiger partial charge on any atom is -0.309 e. The first kappa shape index (κ1) is 14.4. The lowest BCUT2D eigenvalue weighted by atomic mass is 9.92. The van der Waals surface area contributed by atoms with E-state index in [1.807, 2.05) is 0 Å². The fourth-order valence-corrected chi connectivity index (χ4v) is 4.63. The monoisotopic (exact) mass is 290 g/mol. The zero-order valence-corrected chi connectivity index (χ0v) is 13.5. The molecule has 1 aromatic rings. The number of rotatable bonds is 2. The van der Waals surface area contributed by atoms with Crippen molar-refractivity contribution in [3.63, 3.8) is 0 Å². The van der Waals surface area contributed by atoms with E-state index in [0.717, 1.165) is 19.1 Å². The van der Waals surface area contributed by atoms with Gasteiger partial charge in [0.2, 0.25) is 0 Å². The fourth-order valence-electron chi connectivity index (χ4n) is 3.47. The second-order valence-corrected chi connectivity index (χ2v) is 7.88. The maximum absolute atomic E-state index is 3.73. The summed E-state index contributed by atoms with van der Waals surface area (Å²) >= 11 is 2.13. The van der Waals surface area contributed by atoms with Crippen LogP contribution in [0.15, 0.2) is 30.3 Å². The van der Waals surface area contributed by atoms with E-state index in [9.17, 15) is 0 Å². The van der Waals surface area contributed by atoms with Crippen molar-refractivity contribution >= 4 is 11.8 Å². The van der Waals surface area contributed by atoms with Crippen molar-refractivity contribution in [2.45, 2.75) is 44.3 Å². The first-order valence-electron chi connectivity index (χ1n) is 7.79. The summed E-state index contributed by atoms with van der Waals surface area (Å²) in [7, 11) is 0. The van der Waals surface area contributed by atoms with Gasteiger partial charge in [0.15, 0.2) is 0 Å². The van der Waals surface area contributed by atoms with Gasteiger partial charge in [-0.15, -0.1) is 0 Å². The van der Waals surface area contributed by atoms with Crippen molar-refractivity contribution in [2.24, 2.45) is 0 Å². The smallest absolute Gasteiger partial charge is 0.0476 e. The van der Waals surface area contributed by atoms with E-state index in [1.165, 1.54) is 29.9 Å². The molecule has 0 bridgehead atoms. The number of hydrogen-bond acceptors (Lipinski definition) is 3. The number of nitrogens with one attached hydrogen (secondary N) is 1. The molecule has 0 aliphatic carbocycles. The van der Waals surface area contributed by atoms with E-state index in [4.69, 9.17) is 0 Å². The second-order valence-electron chi connectivity index (χ2n) is 6.73. The predicted molar refractivity (Wildman–Crippen MR) is 88.3 cm³/mol. The Bertz CT molecular complexity index is 426. The van der Waals surface area contributed by atoms with E-state index >= 15 is 0 Å². The molecule has 0 radical (unpaired) electrons. The molecule has 0 spiro atoms. The van der Waals surface area contributed by atoms with Gasteiger partial charge in [0, 0.05) is 36.5 Å². The van der Waals surface area contributed by atoms with Crippen molar-refractivity contribution < 1.29 is 0 Å². The van der Waals surface area contributed by atoms with Gasteiger partial charge in [0.25, 0.3) is 0 Å². The molecule has 0 saturated carbocycles. The SMILES string of the molecule is CC1(C)CN(C2CCCSC2)C(c2ccccc2)CN1. The summed E-state index contributed by atoms with van der Waals surface area (Å²) in [6.45, 7) is 6.88. The molecule has 2 atom stereocenters. The molecule has 1 N–H and O–H groups in total. The summed E-state index contributed by atoms with van der Waals surface area (Å²) in [6, 6.07) is 12.3. The van der Waals surface area contributed by atoms with Crippen molar-refractivity contribution in [1.82, 2.24) is 10.2 Å². The molecule has 2 nitrogen and oxygen atoms in total. The maximum atomic E-state index is 3.73. The zero-order chi connectivity index (χ0) is 14.0. The molecule has 2 aliphatic heterocycles. The lowest BCUT2D eigenvalue weighted by Crippen LogP contribution is -2.61. The number of hydrogen-bond donors (Lipinski definition) is 1. The molecule has 2 aliphatic rings. The quantitative estimate of drug-likeness (QED) is 0.899. The first-order chi connectivity index (χ1) is 9.66. The van der Waals surface area contributed by atoms with Crippen LogP contribution in [-0.4, -0.2) is 41.1 Å². The molecule has 2 heterocycles. The molecule has 3 heteroatoms. The Balaban J connectivity index is 1.83. The Morgan fingerprint density at radius 1 is 1.25 bits per heavy atom. The molecule has 2 saturated heterocycles. The Kier molecular flexibility index (Phi) is 4.39. The van der Waals surface area contributed by atoms with Gasteiger partial charge in [-0.3, -0.25) is 4.90 Å². The Morgan fingerprint density at radius 3 is 2.75 bits per heavy atom. The second kappa shape index (κ2) is 6.08. The van der Waals surface area contributed by atoms with Crippen LogP contribution in [0.1, 0.15) is 38.3 Å². The van der Waals surface area contributed by atoms with Crippen molar-refractivity contribution in [1.29, 1.82) is 0 Å². The predicted octanol–water partition coefficient (Wildman–Crippen LogP) is 3.31. The highest BCUT2D eigenvalue weighted by atomic mass is 32.2. The van der Waals surface area contributed by atoms with Crippen LogP contribution in [-0.2, 0) is 0 Å². The van der Waals surface area contributed by atoms with E-state index in [-0.39, 0.29) is 5.54 Å². The Hall–Kier alpha value is -0.510. The summed E-state index contributed by atoms with van der Waals surface area (Å²) in [5.74, 6) is 2.65.